The Labute approximate surface area is 152 Å². The molecule has 1 aliphatic rings. The Bertz CT molecular complexity index is 838. The summed E-state index contributed by atoms with van der Waals surface area (Å²) in [7, 11) is 0. The highest BCUT2D eigenvalue weighted by atomic mass is 16.4. The van der Waals surface area contributed by atoms with E-state index in [1.807, 2.05) is 24.3 Å². The molecule has 2 aromatic rings. The Morgan fingerprint density at radius 1 is 1.15 bits per heavy atom. The first-order chi connectivity index (χ1) is 12.3. The number of benzene rings is 1. The summed E-state index contributed by atoms with van der Waals surface area (Å²) in [6.07, 6.45) is 3.52. The van der Waals surface area contributed by atoms with Gasteiger partial charge >= 0.3 is 12.0 Å². The summed E-state index contributed by atoms with van der Waals surface area (Å²) >= 11 is 0. The molecule has 26 heavy (non-hydrogen) atoms. The minimum absolute atomic E-state index is 0.0635. The third-order valence-electron chi connectivity index (χ3n) is 4.66. The molecule has 1 aromatic carbocycles. The third kappa shape index (κ3) is 3.69. The van der Waals surface area contributed by atoms with E-state index in [0.29, 0.717) is 19.5 Å². The molecular formula is C20H23N3O3. The molecule has 0 saturated heterocycles. The number of carboxylic acid groups (broad SMARTS) is 1. The van der Waals surface area contributed by atoms with Crippen LogP contribution in [-0.2, 0) is 18.4 Å². The second-order valence-corrected chi connectivity index (χ2v) is 7.56. The van der Waals surface area contributed by atoms with Crippen LogP contribution < -0.4 is 5.32 Å². The van der Waals surface area contributed by atoms with Crippen molar-refractivity contribution < 1.29 is 14.7 Å². The van der Waals surface area contributed by atoms with Crippen molar-refractivity contribution in [2.75, 3.05) is 11.9 Å². The molecule has 0 bridgehead atoms. The molecule has 0 saturated carbocycles. The number of carboxylic acids is 1. The Hall–Kier alpha value is -2.89. The van der Waals surface area contributed by atoms with E-state index in [4.69, 9.17) is 0 Å². The summed E-state index contributed by atoms with van der Waals surface area (Å²) in [6, 6.07) is 7.65. The lowest BCUT2D eigenvalue weighted by atomic mass is 9.87. The van der Waals surface area contributed by atoms with Crippen LogP contribution in [-0.4, -0.2) is 33.5 Å². The Morgan fingerprint density at radius 2 is 1.85 bits per heavy atom. The first kappa shape index (κ1) is 17.9. The Morgan fingerprint density at radius 3 is 2.46 bits per heavy atom. The number of aromatic nitrogens is 1. The minimum atomic E-state index is -0.980. The lowest BCUT2D eigenvalue weighted by molar-refractivity contribution is 0.0694. The van der Waals surface area contributed by atoms with Crippen LogP contribution in [0.1, 0.15) is 47.8 Å². The maximum Gasteiger partial charge on any atom is 0.337 e. The fourth-order valence-electron chi connectivity index (χ4n) is 3.11. The number of fused-ring (bicyclic) bond motifs is 1. The second-order valence-electron chi connectivity index (χ2n) is 7.56. The van der Waals surface area contributed by atoms with Crippen LogP contribution in [0, 0.1) is 0 Å². The van der Waals surface area contributed by atoms with Gasteiger partial charge in [-0.15, -0.1) is 0 Å². The number of amides is 2. The summed E-state index contributed by atoms with van der Waals surface area (Å²) in [5.74, 6) is -0.980. The molecule has 0 spiro atoms. The van der Waals surface area contributed by atoms with Crippen LogP contribution in [0.15, 0.2) is 36.7 Å². The van der Waals surface area contributed by atoms with E-state index in [2.05, 4.69) is 31.1 Å². The van der Waals surface area contributed by atoms with Crippen LogP contribution in [0.5, 0.6) is 0 Å². The average Bonchev–Trinajstić information content (AvgIpc) is 2.60. The lowest BCUT2D eigenvalue weighted by Gasteiger charge is -2.29. The smallest absolute Gasteiger partial charge is 0.337 e. The van der Waals surface area contributed by atoms with E-state index in [0.717, 1.165) is 16.8 Å². The molecule has 0 fully saturated rings. The summed E-state index contributed by atoms with van der Waals surface area (Å²) in [5, 5.41) is 12.2. The van der Waals surface area contributed by atoms with Gasteiger partial charge in [-0.05, 0) is 40.7 Å². The van der Waals surface area contributed by atoms with E-state index < -0.39 is 5.97 Å². The zero-order valence-corrected chi connectivity index (χ0v) is 15.2. The molecule has 3 rings (SSSR count). The van der Waals surface area contributed by atoms with Gasteiger partial charge in [-0.2, -0.15) is 0 Å². The number of pyridine rings is 1. The number of carbonyl (C=O) groups is 2. The second kappa shape index (κ2) is 6.78. The lowest BCUT2D eigenvalue weighted by Crippen LogP contribution is -2.39. The molecule has 1 aromatic heterocycles. The van der Waals surface area contributed by atoms with Crippen LogP contribution >= 0.6 is 0 Å². The van der Waals surface area contributed by atoms with E-state index >= 15 is 0 Å². The van der Waals surface area contributed by atoms with Crippen molar-refractivity contribution >= 4 is 17.7 Å². The molecule has 2 N–H and O–H groups in total. The molecule has 6 heteroatoms. The average molecular weight is 353 g/mol. The number of anilines is 1. The van der Waals surface area contributed by atoms with Crippen molar-refractivity contribution in [1.82, 2.24) is 9.88 Å². The molecule has 6 nitrogen and oxygen atoms in total. The Balaban J connectivity index is 1.70. The molecule has 0 radical (unpaired) electrons. The van der Waals surface area contributed by atoms with Gasteiger partial charge < -0.3 is 15.3 Å². The monoisotopic (exact) mass is 353 g/mol. The van der Waals surface area contributed by atoms with E-state index in [-0.39, 0.29) is 17.0 Å². The number of nitrogens with zero attached hydrogens (tertiary/aromatic N) is 2. The van der Waals surface area contributed by atoms with Gasteiger partial charge in [0.05, 0.1) is 5.56 Å². The first-order valence-electron chi connectivity index (χ1n) is 8.61. The SMILES string of the molecule is CC(C)(C)c1ccc(NC(=O)N2CCc3c(cncc3C(=O)O)C2)cc1. The van der Waals surface area contributed by atoms with Gasteiger partial charge in [0.2, 0.25) is 0 Å². The largest absolute Gasteiger partial charge is 0.478 e. The van der Waals surface area contributed by atoms with Gasteiger partial charge in [0.15, 0.2) is 0 Å². The molecule has 0 aliphatic carbocycles. The predicted molar refractivity (Wildman–Crippen MR) is 99.5 cm³/mol. The summed E-state index contributed by atoms with van der Waals surface area (Å²) < 4.78 is 0. The maximum atomic E-state index is 12.6. The third-order valence-corrected chi connectivity index (χ3v) is 4.66. The molecule has 2 amide bonds. The topological polar surface area (TPSA) is 82.5 Å². The van der Waals surface area contributed by atoms with Crippen molar-refractivity contribution in [3.05, 3.63) is 58.9 Å². The Kier molecular flexibility index (Phi) is 4.68. The number of aromatic carboxylic acids is 1. The molecule has 136 valence electrons. The van der Waals surface area contributed by atoms with Crippen LogP contribution in [0.2, 0.25) is 0 Å². The maximum absolute atomic E-state index is 12.6. The summed E-state index contributed by atoms with van der Waals surface area (Å²) in [4.78, 5) is 29.5. The molecule has 0 unspecified atom stereocenters. The van der Waals surface area contributed by atoms with Crippen molar-refractivity contribution in [1.29, 1.82) is 0 Å². The minimum Gasteiger partial charge on any atom is -0.478 e. The van der Waals surface area contributed by atoms with Crippen molar-refractivity contribution in [3.8, 4) is 0 Å². The van der Waals surface area contributed by atoms with Gasteiger partial charge in [0.1, 0.15) is 0 Å². The summed E-state index contributed by atoms with van der Waals surface area (Å²) in [6.45, 7) is 7.26. The fraction of sp³-hybridized carbons (Fsp3) is 0.350. The highest BCUT2D eigenvalue weighted by molar-refractivity contribution is 5.91. The highest BCUT2D eigenvalue weighted by Gasteiger charge is 2.25. The number of rotatable bonds is 2. The van der Waals surface area contributed by atoms with E-state index in [1.165, 1.54) is 11.8 Å². The molecular weight excluding hydrogens is 330 g/mol. The van der Waals surface area contributed by atoms with Crippen LogP contribution in [0.4, 0.5) is 10.5 Å². The quantitative estimate of drug-likeness (QED) is 0.863. The fourth-order valence-corrected chi connectivity index (χ4v) is 3.11. The van der Waals surface area contributed by atoms with Gasteiger partial charge in [0, 0.05) is 31.2 Å². The number of nitrogens with one attached hydrogen (secondary N) is 1. The van der Waals surface area contributed by atoms with Crippen molar-refractivity contribution in [2.45, 2.75) is 39.2 Å². The van der Waals surface area contributed by atoms with Crippen LogP contribution in [0.3, 0.4) is 0 Å². The highest BCUT2D eigenvalue weighted by Crippen LogP contribution is 2.25. The zero-order valence-electron chi connectivity index (χ0n) is 15.2. The van der Waals surface area contributed by atoms with Gasteiger partial charge in [-0.3, -0.25) is 4.98 Å². The zero-order chi connectivity index (χ0) is 18.9. The standard InChI is InChI=1S/C20H23N3O3/c1-20(2,3)14-4-6-15(7-5-14)22-19(26)23-9-8-16-13(12-23)10-21-11-17(16)18(24)25/h4-7,10-11H,8-9,12H2,1-3H3,(H,22,26)(H,24,25). The molecule has 1 aliphatic heterocycles. The number of hydrogen-bond donors (Lipinski definition) is 2. The summed E-state index contributed by atoms with van der Waals surface area (Å²) in [5.41, 5.74) is 3.79. The van der Waals surface area contributed by atoms with Gasteiger partial charge in [-0.25, -0.2) is 9.59 Å². The molecule has 2 heterocycles. The normalized spacial score (nSPS) is 13.9. The van der Waals surface area contributed by atoms with Gasteiger partial charge in [0.25, 0.3) is 0 Å². The van der Waals surface area contributed by atoms with Gasteiger partial charge in [-0.1, -0.05) is 32.9 Å². The first-order valence-corrected chi connectivity index (χ1v) is 8.61. The predicted octanol–water partition coefficient (Wildman–Crippen LogP) is 3.67. The van der Waals surface area contributed by atoms with Crippen molar-refractivity contribution in [2.24, 2.45) is 0 Å². The number of urea groups is 1. The van der Waals surface area contributed by atoms with Crippen LogP contribution in [0.25, 0.3) is 0 Å². The van der Waals surface area contributed by atoms with Crippen molar-refractivity contribution in [3.63, 3.8) is 0 Å². The number of carbonyl (C=O) groups excluding carboxylic acids is 1. The van der Waals surface area contributed by atoms with E-state index in [9.17, 15) is 14.7 Å². The van der Waals surface area contributed by atoms with E-state index in [1.54, 1.807) is 11.1 Å². The molecule has 0 atom stereocenters. The number of hydrogen-bond acceptors (Lipinski definition) is 3.